The number of esters is 1. The molecule has 2 amide bonds. The number of nitriles is 1. The second-order valence-corrected chi connectivity index (χ2v) is 14.6. The molecule has 0 bridgehead atoms. The molecular formula is C33H53F7N3O10PS. The van der Waals surface area contributed by atoms with Crippen LogP contribution in [0.25, 0.3) is 0 Å². The zero-order valence-electron chi connectivity index (χ0n) is 30.9. The fourth-order valence-electron chi connectivity index (χ4n) is 5.15. The maximum atomic E-state index is 13.4. The standard InChI is InChI=1S/C33H53F7N3O10PS/c1-2-42-27(45)11-12-28(46)50-20-5-3-4-6-21-51-54(48,52-22-10-18-41)53-26(23-44)24-49-25-31(13-7-16-32(35,36)37,14-8-17-33(38,39)40)15-9-19-43-30(47)29(34)55/h26,44H,2-17,19-25H2,1H3,(H,42,45)(H,43,47). The van der Waals surface area contributed by atoms with Gasteiger partial charge in [-0.2, -0.15) is 36.0 Å². The lowest BCUT2D eigenvalue weighted by atomic mass is 9.75. The Morgan fingerprint density at radius 1 is 0.836 bits per heavy atom. The quantitative estimate of drug-likeness (QED) is 0.0152. The van der Waals surface area contributed by atoms with E-state index in [1.165, 1.54) is 0 Å². The fraction of sp³-hybridized carbons (Fsp3) is 0.848. The molecule has 0 aromatic rings. The molecular weight excluding hydrogens is 794 g/mol. The number of hydrogen-bond donors (Lipinski definition) is 3. The van der Waals surface area contributed by atoms with E-state index in [0.717, 1.165) is 0 Å². The molecule has 0 saturated heterocycles. The molecule has 0 saturated carbocycles. The van der Waals surface area contributed by atoms with Crippen LogP contribution in [-0.4, -0.2) is 99.2 Å². The number of carbonyl (C=O) groups is 3. The van der Waals surface area contributed by atoms with Crippen molar-refractivity contribution in [1.29, 1.82) is 5.26 Å². The highest BCUT2D eigenvalue weighted by atomic mass is 32.1. The van der Waals surface area contributed by atoms with Gasteiger partial charge in [0.25, 0.3) is 11.0 Å². The van der Waals surface area contributed by atoms with Gasteiger partial charge in [0.05, 0.1) is 58.6 Å². The molecule has 0 heterocycles. The second kappa shape index (κ2) is 28.9. The first kappa shape index (κ1) is 52.5. The smallest absolute Gasteiger partial charge is 0.466 e. The lowest BCUT2D eigenvalue weighted by molar-refractivity contribution is -0.145. The van der Waals surface area contributed by atoms with Gasteiger partial charge in [-0.3, -0.25) is 28.0 Å². The van der Waals surface area contributed by atoms with E-state index in [0.29, 0.717) is 32.2 Å². The van der Waals surface area contributed by atoms with E-state index in [4.69, 9.17) is 28.3 Å². The summed E-state index contributed by atoms with van der Waals surface area (Å²) in [6, 6.07) is 1.79. The summed E-state index contributed by atoms with van der Waals surface area (Å²) in [6.07, 6.45) is -12.6. The van der Waals surface area contributed by atoms with E-state index >= 15 is 0 Å². The number of nitrogens with one attached hydrogen (secondary N) is 2. The minimum Gasteiger partial charge on any atom is -0.466 e. The molecule has 22 heteroatoms. The number of unbranched alkanes of at least 4 members (excludes halogenated alkanes) is 3. The molecule has 2 unspecified atom stereocenters. The van der Waals surface area contributed by atoms with E-state index in [9.17, 15) is 54.8 Å². The van der Waals surface area contributed by atoms with Crippen LogP contribution in [0.3, 0.4) is 0 Å². The van der Waals surface area contributed by atoms with Crippen molar-refractivity contribution >= 4 is 42.9 Å². The predicted octanol–water partition coefficient (Wildman–Crippen LogP) is 7.10. The van der Waals surface area contributed by atoms with Gasteiger partial charge in [0.15, 0.2) is 0 Å². The van der Waals surface area contributed by atoms with Crippen LogP contribution in [-0.2, 0) is 42.0 Å². The third-order valence-electron chi connectivity index (χ3n) is 7.82. The maximum absolute atomic E-state index is 13.4. The number of hydrogen-bond acceptors (Lipinski definition) is 12. The van der Waals surface area contributed by atoms with Crippen LogP contribution in [0.4, 0.5) is 30.7 Å². The summed E-state index contributed by atoms with van der Waals surface area (Å²) in [4.78, 5) is 34.7. The minimum atomic E-state index is -4.55. The highest BCUT2D eigenvalue weighted by molar-refractivity contribution is 7.81. The highest BCUT2D eigenvalue weighted by Gasteiger charge is 2.36. The van der Waals surface area contributed by atoms with Crippen LogP contribution < -0.4 is 10.6 Å². The Bertz CT molecular complexity index is 1210. The van der Waals surface area contributed by atoms with E-state index in [2.05, 4.69) is 22.9 Å². The van der Waals surface area contributed by atoms with Gasteiger partial charge in [-0.05, 0) is 82.3 Å². The molecule has 0 aromatic heterocycles. The molecule has 3 N–H and O–H groups in total. The van der Waals surface area contributed by atoms with Gasteiger partial charge >= 0.3 is 26.1 Å². The zero-order valence-corrected chi connectivity index (χ0v) is 32.6. The average Bonchev–Trinajstić information content (AvgIpc) is 3.09. The van der Waals surface area contributed by atoms with Crippen molar-refractivity contribution in [2.45, 2.75) is 122 Å². The van der Waals surface area contributed by atoms with Crippen LogP contribution in [0.1, 0.15) is 103 Å². The molecule has 0 aliphatic heterocycles. The fourth-order valence-corrected chi connectivity index (χ4v) is 6.58. The SMILES string of the molecule is CCNC(=O)CCC(=O)OCCCCCCOP(=O)(OCCC#N)OC(CO)COCC(CCCNC(=O)C(F)=S)(CCCC(F)(F)F)CCCC(F)(F)F. The van der Waals surface area contributed by atoms with E-state index in [1.54, 1.807) is 13.0 Å². The average molecular weight is 848 g/mol. The van der Waals surface area contributed by atoms with Crippen molar-refractivity contribution in [3.05, 3.63) is 0 Å². The summed E-state index contributed by atoms with van der Waals surface area (Å²) >= 11 is 4.14. The Morgan fingerprint density at radius 3 is 1.96 bits per heavy atom. The van der Waals surface area contributed by atoms with Gasteiger partial charge in [0.1, 0.15) is 6.10 Å². The first-order valence-electron chi connectivity index (χ1n) is 18.0. The number of aliphatic hydroxyl groups excluding tert-OH is 1. The summed E-state index contributed by atoms with van der Waals surface area (Å²) < 4.78 is 131. The Morgan fingerprint density at radius 2 is 1.42 bits per heavy atom. The Balaban J connectivity index is 5.42. The van der Waals surface area contributed by atoms with Crippen LogP contribution >= 0.6 is 20.0 Å². The van der Waals surface area contributed by atoms with Gasteiger partial charge < -0.3 is 25.2 Å². The number of halogens is 7. The van der Waals surface area contributed by atoms with Gasteiger partial charge in [0, 0.05) is 32.4 Å². The summed E-state index contributed by atoms with van der Waals surface area (Å²) in [7, 11) is -4.43. The van der Waals surface area contributed by atoms with Crippen LogP contribution in [0.5, 0.6) is 0 Å². The summed E-state index contributed by atoms with van der Waals surface area (Å²) in [5.74, 6) is -1.96. The molecule has 320 valence electrons. The molecule has 0 aromatic carbocycles. The van der Waals surface area contributed by atoms with Crippen molar-refractivity contribution in [3.8, 4) is 6.07 Å². The van der Waals surface area contributed by atoms with Crippen molar-refractivity contribution in [2.24, 2.45) is 5.41 Å². The van der Waals surface area contributed by atoms with Gasteiger partial charge in [-0.1, -0.05) is 6.42 Å². The first-order valence-corrected chi connectivity index (χ1v) is 19.8. The Kier molecular flexibility index (Phi) is 27.6. The van der Waals surface area contributed by atoms with Crippen molar-refractivity contribution < 1.29 is 77.8 Å². The van der Waals surface area contributed by atoms with Crippen molar-refractivity contribution in [3.63, 3.8) is 0 Å². The van der Waals surface area contributed by atoms with E-state index < -0.39 is 94.2 Å². The number of amides is 2. The monoisotopic (exact) mass is 847 g/mol. The molecule has 13 nitrogen and oxygen atoms in total. The largest absolute Gasteiger partial charge is 0.475 e. The van der Waals surface area contributed by atoms with Gasteiger partial charge in [0.2, 0.25) is 5.91 Å². The Labute approximate surface area is 322 Å². The van der Waals surface area contributed by atoms with Crippen LogP contribution in [0.15, 0.2) is 0 Å². The first-order chi connectivity index (χ1) is 25.8. The topological polar surface area (TPSA) is 183 Å². The normalized spacial score (nSPS) is 13.7. The molecule has 0 rings (SSSR count). The molecule has 0 aliphatic carbocycles. The molecule has 55 heavy (non-hydrogen) atoms. The van der Waals surface area contributed by atoms with Gasteiger partial charge in [-0.15, -0.1) is 0 Å². The lowest BCUT2D eigenvalue weighted by Gasteiger charge is -2.35. The summed E-state index contributed by atoms with van der Waals surface area (Å²) in [6.45, 7) is -0.143. The third-order valence-corrected chi connectivity index (χ3v) is 9.56. The Hall–Kier alpha value is -2.47. The number of phosphoric ester groups is 1. The molecule has 0 aliphatic rings. The number of ether oxygens (including phenoxy) is 2. The maximum Gasteiger partial charge on any atom is 0.475 e. The highest BCUT2D eigenvalue weighted by Crippen LogP contribution is 2.51. The number of aliphatic hydroxyl groups is 1. The number of alkyl halides is 6. The number of rotatable bonds is 33. The minimum absolute atomic E-state index is 0.0189. The number of thiocarbonyl (C=S) groups is 1. The molecule has 2 atom stereocenters. The number of carbonyl (C=O) groups excluding carboxylic acids is 3. The molecule has 0 fully saturated rings. The van der Waals surface area contributed by atoms with E-state index in [-0.39, 0.29) is 77.2 Å². The molecule has 0 spiro atoms. The second-order valence-electron chi connectivity index (χ2n) is 12.6. The zero-order chi connectivity index (χ0) is 41.8. The summed E-state index contributed by atoms with van der Waals surface area (Å²) in [5.41, 5.74) is -1.29. The number of phosphoric acid groups is 1. The van der Waals surface area contributed by atoms with Crippen LogP contribution in [0, 0.1) is 16.7 Å². The predicted molar refractivity (Wildman–Crippen MR) is 188 cm³/mol. The van der Waals surface area contributed by atoms with Gasteiger partial charge in [-0.25, -0.2) is 4.57 Å². The lowest BCUT2D eigenvalue weighted by Crippen LogP contribution is -2.34. The van der Waals surface area contributed by atoms with Crippen molar-refractivity contribution in [1.82, 2.24) is 10.6 Å². The van der Waals surface area contributed by atoms with Crippen molar-refractivity contribution in [2.75, 3.05) is 52.7 Å². The van der Waals surface area contributed by atoms with Crippen LogP contribution in [0.2, 0.25) is 0 Å². The number of nitrogens with zero attached hydrogens (tertiary/aromatic N) is 1. The third kappa shape index (κ3) is 29.4. The van der Waals surface area contributed by atoms with E-state index in [1.807, 2.05) is 0 Å². The molecule has 0 radical (unpaired) electrons. The summed E-state index contributed by atoms with van der Waals surface area (Å²) in [5, 5.41) is 22.1.